The van der Waals surface area contributed by atoms with Gasteiger partial charge in [0.2, 0.25) is 0 Å². The number of hydrogen-bond acceptors (Lipinski definition) is 6. The Morgan fingerprint density at radius 2 is 1.72 bits per heavy atom. The largest absolute Gasteiger partial charge is 0.461 e. The Hall–Kier alpha value is -3.35. The molecular weight excluding hydrogens is 478 g/mol. The summed E-state index contributed by atoms with van der Waals surface area (Å²) in [5, 5.41) is 15.4. The van der Waals surface area contributed by atoms with E-state index in [1.165, 1.54) is 12.2 Å². The zero-order chi connectivity index (χ0) is 26.1. The van der Waals surface area contributed by atoms with Gasteiger partial charge in [-0.3, -0.25) is 4.79 Å². The number of ether oxygens (including phenoxy) is 2. The van der Waals surface area contributed by atoms with Crippen LogP contribution in [0.1, 0.15) is 30.4 Å². The maximum absolute atomic E-state index is 13.4. The van der Waals surface area contributed by atoms with E-state index in [1.807, 2.05) is 30.3 Å². The predicted molar refractivity (Wildman–Crippen MR) is 140 cm³/mol. The van der Waals surface area contributed by atoms with Crippen LogP contribution in [0.15, 0.2) is 91.2 Å². The summed E-state index contributed by atoms with van der Waals surface area (Å²) >= 11 is 6.12. The molecule has 0 spiro atoms. The maximum atomic E-state index is 13.4. The number of nitrogens with one attached hydrogen (secondary N) is 1. The van der Waals surface area contributed by atoms with Crippen LogP contribution in [-0.4, -0.2) is 42.4 Å². The fourth-order valence-corrected chi connectivity index (χ4v) is 4.68. The highest BCUT2D eigenvalue weighted by Gasteiger charge is 2.52. The van der Waals surface area contributed by atoms with Crippen LogP contribution in [-0.2, 0) is 25.5 Å². The van der Waals surface area contributed by atoms with E-state index in [9.17, 15) is 14.7 Å². The van der Waals surface area contributed by atoms with Crippen LogP contribution in [0.3, 0.4) is 0 Å². The molecule has 2 aromatic rings. The number of rotatable bonds is 11. The van der Waals surface area contributed by atoms with Gasteiger partial charge in [-0.15, -0.1) is 0 Å². The molecule has 0 aliphatic heterocycles. The molecular formula is C29H32ClNO5. The molecule has 3 rings (SSSR count). The Balaban J connectivity index is 2.09. The normalized spacial score (nSPS) is 21.4. The first-order chi connectivity index (χ1) is 17.3. The van der Waals surface area contributed by atoms with Gasteiger partial charge in [-0.05, 0) is 36.6 Å². The molecule has 2 aromatic carbocycles. The Kier molecular flexibility index (Phi) is 9.51. The van der Waals surface area contributed by atoms with Crippen molar-refractivity contribution in [3.63, 3.8) is 0 Å². The Bertz CT molecular complexity index is 1110. The summed E-state index contributed by atoms with van der Waals surface area (Å²) in [6, 6.07) is 16.8. The smallest absolute Gasteiger partial charge is 0.336 e. The second-order valence-corrected chi connectivity index (χ2v) is 9.34. The lowest BCUT2D eigenvalue weighted by Crippen LogP contribution is -2.50. The van der Waals surface area contributed by atoms with Gasteiger partial charge >= 0.3 is 11.9 Å². The number of halogens is 1. The van der Waals surface area contributed by atoms with E-state index in [-0.39, 0.29) is 25.2 Å². The van der Waals surface area contributed by atoms with Crippen LogP contribution in [0.2, 0.25) is 5.02 Å². The third kappa shape index (κ3) is 6.65. The quantitative estimate of drug-likeness (QED) is 0.336. The summed E-state index contributed by atoms with van der Waals surface area (Å²) in [5.74, 6) is -3.12. The minimum Gasteiger partial charge on any atom is -0.461 e. The monoisotopic (exact) mass is 509 g/mol. The zero-order valence-electron chi connectivity index (χ0n) is 20.4. The van der Waals surface area contributed by atoms with Gasteiger partial charge in [0.15, 0.2) is 0 Å². The van der Waals surface area contributed by atoms with Gasteiger partial charge in [0.25, 0.3) is 0 Å². The second-order valence-electron chi connectivity index (χ2n) is 8.90. The average Bonchev–Trinajstić information content (AvgIpc) is 2.86. The minimum atomic E-state index is -1.51. The molecule has 0 amide bonds. The molecule has 0 fully saturated rings. The molecule has 0 unspecified atom stereocenters. The molecule has 0 heterocycles. The minimum absolute atomic E-state index is 0.00887. The Morgan fingerprint density at radius 1 is 1.08 bits per heavy atom. The van der Waals surface area contributed by atoms with Crippen LogP contribution < -0.4 is 5.32 Å². The van der Waals surface area contributed by atoms with E-state index in [2.05, 4.69) is 18.5 Å². The predicted octanol–water partition coefficient (Wildman–Crippen LogP) is 4.74. The van der Waals surface area contributed by atoms with Gasteiger partial charge in [-0.25, -0.2) is 4.79 Å². The topological polar surface area (TPSA) is 84.9 Å². The molecule has 0 saturated heterocycles. The first-order valence-electron chi connectivity index (χ1n) is 11.8. The molecule has 0 radical (unpaired) electrons. The molecule has 0 bridgehead atoms. The van der Waals surface area contributed by atoms with E-state index < -0.39 is 29.4 Å². The lowest BCUT2D eigenvalue weighted by molar-refractivity contribution is -0.159. The van der Waals surface area contributed by atoms with Crippen LogP contribution in [0.5, 0.6) is 0 Å². The van der Waals surface area contributed by atoms with Crippen molar-refractivity contribution in [3.8, 4) is 0 Å². The van der Waals surface area contributed by atoms with Crippen molar-refractivity contribution in [1.82, 2.24) is 5.32 Å². The fraction of sp³-hybridized carbons (Fsp3) is 0.310. The molecule has 0 saturated carbocycles. The van der Waals surface area contributed by atoms with Gasteiger partial charge in [-0.1, -0.05) is 79.4 Å². The number of carbonyl (C=O) groups excluding carboxylic acids is 2. The molecule has 0 aromatic heterocycles. The molecule has 2 N–H and O–H groups in total. The van der Waals surface area contributed by atoms with Crippen LogP contribution >= 0.6 is 11.6 Å². The maximum Gasteiger partial charge on any atom is 0.336 e. The van der Waals surface area contributed by atoms with Gasteiger partial charge in [-0.2, -0.15) is 0 Å². The number of carbonyl (C=O) groups is 2. The first-order valence-corrected chi connectivity index (χ1v) is 12.2. The van der Waals surface area contributed by atoms with E-state index in [1.54, 1.807) is 31.2 Å². The van der Waals surface area contributed by atoms with Gasteiger partial charge in [0, 0.05) is 29.6 Å². The summed E-state index contributed by atoms with van der Waals surface area (Å²) in [6.07, 6.45) is 3.68. The van der Waals surface area contributed by atoms with Crippen molar-refractivity contribution in [2.24, 2.45) is 5.92 Å². The Morgan fingerprint density at radius 3 is 2.36 bits per heavy atom. The van der Waals surface area contributed by atoms with Crippen LogP contribution in [0, 0.1) is 5.92 Å². The first kappa shape index (κ1) is 27.2. The van der Waals surface area contributed by atoms with Crippen molar-refractivity contribution >= 4 is 23.5 Å². The van der Waals surface area contributed by atoms with Crippen molar-refractivity contribution in [2.45, 2.75) is 31.3 Å². The third-order valence-electron chi connectivity index (χ3n) is 6.15. The Labute approximate surface area is 217 Å². The highest BCUT2D eigenvalue weighted by atomic mass is 35.5. The summed E-state index contributed by atoms with van der Waals surface area (Å²) < 4.78 is 10.8. The third-order valence-corrected chi connectivity index (χ3v) is 6.40. The highest BCUT2D eigenvalue weighted by molar-refractivity contribution is 6.30. The SMILES string of the molecule is C=CCOC(=O)C1=C(NCCc2ccccc2)C[C@](C)(O)[C@H](C(=O)OCC=C)[C@H]1c1ccc(Cl)cc1. The molecule has 190 valence electrons. The number of esters is 2. The van der Waals surface area contributed by atoms with Crippen molar-refractivity contribution < 1.29 is 24.2 Å². The molecule has 7 heteroatoms. The highest BCUT2D eigenvalue weighted by Crippen LogP contribution is 2.47. The van der Waals surface area contributed by atoms with Crippen LogP contribution in [0.25, 0.3) is 0 Å². The van der Waals surface area contributed by atoms with Crippen molar-refractivity contribution in [1.29, 1.82) is 0 Å². The van der Waals surface area contributed by atoms with E-state index >= 15 is 0 Å². The number of hydrogen-bond donors (Lipinski definition) is 2. The van der Waals surface area contributed by atoms with E-state index in [0.717, 1.165) is 5.56 Å². The lowest BCUT2D eigenvalue weighted by atomic mass is 9.66. The molecule has 1 aliphatic carbocycles. The van der Waals surface area contributed by atoms with E-state index in [4.69, 9.17) is 21.1 Å². The molecule has 36 heavy (non-hydrogen) atoms. The molecule has 3 atom stereocenters. The average molecular weight is 510 g/mol. The summed E-state index contributed by atoms with van der Waals surface area (Å²) in [4.78, 5) is 26.6. The van der Waals surface area contributed by atoms with Crippen molar-refractivity contribution in [2.75, 3.05) is 19.8 Å². The van der Waals surface area contributed by atoms with Gasteiger partial charge < -0.3 is 19.9 Å². The second kappa shape index (κ2) is 12.6. The molecule has 6 nitrogen and oxygen atoms in total. The number of aliphatic hydroxyl groups is 1. The van der Waals surface area contributed by atoms with Gasteiger partial charge in [0.1, 0.15) is 13.2 Å². The summed E-state index contributed by atoms with van der Waals surface area (Å²) in [5.41, 5.74) is 1.05. The molecule has 1 aliphatic rings. The fourth-order valence-electron chi connectivity index (χ4n) is 4.55. The summed E-state index contributed by atoms with van der Waals surface area (Å²) in [7, 11) is 0. The van der Waals surface area contributed by atoms with Crippen LogP contribution in [0.4, 0.5) is 0 Å². The standard InChI is InChI=1S/C29H32ClNO5/c1-4-17-35-27(32)25-23(31-16-15-20-9-7-6-8-10-20)19-29(3,34)26(28(33)36-18-5-2)24(25)21-11-13-22(30)14-12-21/h4-14,24,26,31,34H,1-2,15-19H2,3H3/t24-,26-,29-/m0/s1. The lowest BCUT2D eigenvalue weighted by Gasteiger charge is -2.43. The zero-order valence-corrected chi connectivity index (χ0v) is 21.2. The summed E-state index contributed by atoms with van der Waals surface area (Å²) in [6.45, 7) is 9.31. The number of benzene rings is 2. The van der Waals surface area contributed by atoms with Gasteiger partial charge in [0.05, 0.1) is 17.1 Å². The van der Waals surface area contributed by atoms with E-state index in [0.29, 0.717) is 29.2 Å². The van der Waals surface area contributed by atoms with Crippen molar-refractivity contribution in [3.05, 3.63) is 107 Å².